The summed E-state index contributed by atoms with van der Waals surface area (Å²) in [6.07, 6.45) is 0. The van der Waals surface area contributed by atoms with Crippen LogP contribution in [-0.2, 0) is 0 Å². The van der Waals surface area contributed by atoms with Crippen molar-refractivity contribution in [1.29, 1.82) is 0 Å². The number of Topliss-reactive ketones (excluding diaryl/α,β-unsaturated/α-hetero) is 1. The predicted molar refractivity (Wildman–Crippen MR) is 117 cm³/mol. The fraction of sp³-hybridized carbons (Fsp3) is 0.0833. The Morgan fingerprint density at radius 3 is 2.43 bits per heavy atom. The van der Waals surface area contributed by atoms with E-state index in [-0.39, 0.29) is 23.9 Å². The number of anilines is 1. The molecule has 4 rings (SSSR count). The Labute approximate surface area is 178 Å². The third kappa shape index (κ3) is 3.80. The van der Waals surface area contributed by atoms with Gasteiger partial charge in [0.25, 0.3) is 0 Å². The summed E-state index contributed by atoms with van der Waals surface area (Å²) in [6.45, 7) is -0.0265. The number of halogens is 1. The number of carbonyl (C=O) groups is 2. The van der Waals surface area contributed by atoms with Gasteiger partial charge in [0.2, 0.25) is 5.78 Å². The lowest BCUT2D eigenvalue weighted by molar-refractivity contribution is 0.0997. The van der Waals surface area contributed by atoms with Gasteiger partial charge in [-0.1, -0.05) is 54.1 Å². The van der Waals surface area contributed by atoms with Crippen LogP contribution in [0.15, 0.2) is 77.2 Å². The molecule has 1 heterocycles. The maximum atomic E-state index is 13.0. The molecule has 0 bridgehead atoms. The predicted octanol–water partition coefficient (Wildman–Crippen LogP) is 5.62. The molecule has 1 N–H and O–H groups in total. The van der Waals surface area contributed by atoms with E-state index in [9.17, 15) is 9.59 Å². The van der Waals surface area contributed by atoms with E-state index in [1.807, 2.05) is 24.3 Å². The summed E-state index contributed by atoms with van der Waals surface area (Å²) in [5.41, 5.74) is 2.01. The van der Waals surface area contributed by atoms with E-state index in [2.05, 4.69) is 5.32 Å². The number of hydrogen-bond donors (Lipinski definition) is 1. The lowest BCUT2D eigenvalue weighted by atomic mass is 10.1. The molecule has 0 amide bonds. The van der Waals surface area contributed by atoms with Crippen molar-refractivity contribution in [2.45, 2.75) is 0 Å². The molecular weight excluding hydrogens is 402 g/mol. The van der Waals surface area contributed by atoms with E-state index >= 15 is 0 Å². The number of ether oxygens (including phenoxy) is 1. The zero-order chi connectivity index (χ0) is 21.1. The Balaban J connectivity index is 1.64. The second-order valence-corrected chi connectivity index (χ2v) is 7.03. The average molecular weight is 420 g/mol. The summed E-state index contributed by atoms with van der Waals surface area (Å²) >= 11 is 6.13. The van der Waals surface area contributed by atoms with Gasteiger partial charge in [0.15, 0.2) is 11.5 Å². The molecule has 0 aliphatic rings. The van der Waals surface area contributed by atoms with Crippen LogP contribution in [0.5, 0.6) is 5.75 Å². The van der Waals surface area contributed by atoms with Crippen LogP contribution in [0.2, 0.25) is 5.02 Å². The first-order valence-electron chi connectivity index (χ1n) is 9.30. The molecule has 0 spiro atoms. The van der Waals surface area contributed by atoms with Gasteiger partial charge in [0, 0.05) is 16.5 Å². The van der Waals surface area contributed by atoms with E-state index < -0.39 is 0 Å². The molecule has 4 aromatic rings. The Morgan fingerprint density at radius 1 is 0.967 bits per heavy atom. The molecule has 0 atom stereocenters. The van der Waals surface area contributed by atoms with Gasteiger partial charge in [-0.2, -0.15) is 0 Å². The fourth-order valence-corrected chi connectivity index (χ4v) is 3.47. The van der Waals surface area contributed by atoms with Crippen LogP contribution in [-0.4, -0.2) is 25.2 Å². The maximum Gasteiger partial charge on any atom is 0.230 e. The third-order valence-electron chi connectivity index (χ3n) is 4.74. The molecule has 0 saturated carbocycles. The highest BCUT2D eigenvalue weighted by atomic mass is 35.5. The van der Waals surface area contributed by atoms with E-state index in [4.69, 9.17) is 20.8 Å². The zero-order valence-electron chi connectivity index (χ0n) is 16.1. The second-order valence-electron chi connectivity index (χ2n) is 6.62. The average Bonchev–Trinajstić information content (AvgIpc) is 3.16. The number of furan rings is 1. The van der Waals surface area contributed by atoms with Crippen molar-refractivity contribution in [1.82, 2.24) is 0 Å². The molecule has 1 aromatic heterocycles. The Bertz CT molecular complexity index is 1230. The van der Waals surface area contributed by atoms with Crippen molar-refractivity contribution in [2.24, 2.45) is 0 Å². The first-order chi connectivity index (χ1) is 14.6. The van der Waals surface area contributed by atoms with Crippen LogP contribution in [0.4, 0.5) is 5.69 Å². The van der Waals surface area contributed by atoms with Crippen LogP contribution in [0.1, 0.15) is 26.5 Å². The van der Waals surface area contributed by atoms with E-state index in [1.165, 1.54) is 7.11 Å². The minimum atomic E-state index is -0.255. The number of nitrogens with one attached hydrogen (secondary N) is 1. The monoisotopic (exact) mass is 419 g/mol. The summed E-state index contributed by atoms with van der Waals surface area (Å²) in [5, 5.41) is 4.19. The first kappa shape index (κ1) is 19.7. The van der Waals surface area contributed by atoms with E-state index in [0.717, 1.165) is 5.39 Å². The number of methoxy groups -OCH3 is 1. The van der Waals surface area contributed by atoms with Crippen molar-refractivity contribution in [3.05, 3.63) is 94.7 Å². The van der Waals surface area contributed by atoms with Crippen LogP contribution >= 0.6 is 11.6 Å². The number of carbonyl (C=O) groups excluding carboxylic acids is 2. The van der Waals surface area contributed by atoms with Gasteiger partial charge in [-0.15, -0.1) is 0 Å². The second kappa shape index (κ2) is 8.43. The SMILES string of the molecule is COc1ccc(C(=O)CNc2c(C(=O)c3ccccc3)oc3ccccc23)cc1Cl. The van der Waals surface area contributed by atoms with Crippen molar-refractivity contribution in [2.75, 3.05) is 19.0 Å². The number of para-hydroxylation sites is 1. The molecule has 150 valence electrons. The number of benzene rings is 3. The van der Waals surface area contributed by atoms with Crippen LogP contribution in [0.3, 0.4) is 0 Å². The molecule has 0 aliphatic heterocycles. The molecule has 0 radical (unpaired) electrons. The highest BCUT2D eigenvalue weighted by molar-refractivity contribution is 6.32. The Hall–Kier alpha value is -3.57. The van der Waals surface area contributed by atoms with Crippen molar-refractivity contribution in [3.63, 3.8) is 0 Å². The Morgan fingerprint density at radius 2 is 1.70 bits per heavy atom. The number of ketones is 2. The number of rotatable bonds is 7. The van der Waals surface area contributed by atoms with Crippen molar-refractivity contribution >= 4 is 39.8 Å². The van der Waals surface area contributed by atoms with Crippen LogP contribution in [0, 0.1) is 0 Å². The van der Waals surface area contributed by atoms with Crippen LogP contribution < -0.4 is 10.1 Å². The molecule has 0 saturated heterocycles. The van der Waals surface area contributed by atoms with Gasteiger partial charge >= 0.3 is 0 Å². The van der Waals surface area contributed by atoms with Gasteiger partial charge in [-0.25, -0.2) is 0 Å². The van der Waals surface area contributed by atoms with Crippen LogP contribution in [0.25, 0.3) is 11.0 Å². The third-order valence-corrected chi connectivity index (χ3v) is 5.03. The minimum absolute atomic E-state index is 0.0265. The van der Waals surface area contributed by atoms with E-state index in [0.29, 0.717) is 33.2 Å². The molecule has 6 heteroatoms. The van der Waals surface area contributed by atoms with Gasteiger partial charge in [0.05, 0.1) is 24.4 Å². The minimum Gasteiger partial charge on any atom is -0.495 e. The molecule has 0 unspecified atom stereocenters. The molecular formula is C24H18ClNO4. The Kier molecular flexibility index (Phi) is 5.55. The maximum absolute atomic E-state index is 13.0. The van der Waals surface area contributed by atoms with Gasteiger partial charge < -0.3 is 14.5 Å². The molecule has 5 nitrogen and oxygen atoms in total. The van der Waals surface area contributed by atoms with Gasteiger partial charge in [0.1, 0.15) is 11.3 Å². The quantitative estimate of drug-likeness (QED) is 0.394. The largest absolute Gasteiger partial charge is 0.495 e. The lowest BCUT2D eigenvalue weighted by Crippen LogP contribution is -2.15. The highest BCUT2D eigenvalue weighted by Crippen LogP contribution is 2.32. The summed E-state index contributed by atoms with van der Waals surface area (Å²) in [7, 11) is 1.51. The normalized spacial score (nSPS) is 10.7. The summed E-state index contributed by atoms with van der Waals surface area (Å²) in [5.74, 6) is 0.234. The van der Waals surface area contributed by atoms with Gasteiger partial charge in [-0.05, 0) is 30.3 Å². The fourth-order valence-electron chi connectivity index (χ4n) is 3.21. The lowest BCUT2D eigenvalue weighted by Gasteiger charge is -2.08. The standard InChI is InChI=1S/C24H18ClNO4/c1-29-21-12-11-16(13-18(21)25)19(27)14-26-22-17-9-5-6-10-20(17)30-24(22)23(28)15-7-3-2-4-8-15/h2-13,26H,14H2,1H3. The summed E-state index contributed by atoms with van der Waals surface area (Å²) in [6, 6.07) is 21.0. The smallest absolute Gasteiger partial charge is 0.230 e. The van der Waals surface area contributed by atoms with Crippen molar-refractivity contribution in [3.8, 4) is 5.75 Å². The summed E-state index contributed by atoms with van der Waals surface area (Å²) < 4.78 is 11.0. The molecule has 3 aromatic carbocycles. The number of hydrogen-bond acceptors (Lipinski definition) is 5. The zero-order valence-corrected chi connectivity index (χ0v) is 16.9. The molecule has 0 aliphatic carbocycles. The highest BCUT2D eigenvalue weighted by Gasteiger charge is 2.22. The van der Waals surface area contributed by atoms with Crippen molar-refractivity contribution < 1.29 is 18.7 Å². The molecule has 30 heavy (non-hydrogen) atoms. The topological polar surface area (TPSA) is 68.5 Å². The molecule has 0 fully saturated rings. The van der Waals surface area contributed by atoms with E-state index in [1.54, 1.807) is 48.5 Å². The summed E-state index contributed by atoms with van der Waals surface area (Å²) in [4.78, 5) is 25.7. The first-order valence-corrected chi connectivity index (χ1v) is 9.68. The van der Waals surface area contributed by atoms with Gasteiger partial charge in [-0.3, -0.25) is 9.59 Å². The number of fused-ring (bicyclic) bond motifs is 1.